The standard InChI is InChI=1S/C14H27N3O3/c1-17(11-13(18)16-6-3-9-20-2)14(19)10-12-4-7-15-8-5-12/h12,15H,3-11H2,1-2H3,(H,16,18). The van der Waals surface area contributed by atoms with E-state index in [-0.39, 0.29) is 18.4 Å². The molecule has 0 saturated carbocycles. The molecule has 1 aliphatic heterocycles. The second-order valence-corrected chi connectivity index (χ2v) is 5.34. The van der Waals surface area contributed by atoms with Crippen LogP contribution in [0.3, 0.4) is 0 Å². The molecular formula is C14H27N3O3. The largest absolute Gasteiger partial charge is 0.385 e. The van der Waals surface area contributed by atoms with Gasteiger partial charge in [0.05, 0.1) is 6.54 Å². The van der Waals surface area contributed by atoms with Crippen molar-refractivity contribution < 1.29 is 14.3 Å². The third kappa shape index (κ3) is 6.86. The van der Waals surface area contributed by atoms with Crippen LogP contribution in [0.5, 0.6) is 0 Å². The van der Waals surface area contributed by atoms with E-state index in [1.54, 1.807) is 14.2 Å². The average Bonchev–Trinajstić information content (AvgIpc) is 2.44. The maximum atomic E-state index is 12.0. The van der Waals surface area contributed by atoms with Crippen LogP contribution >= 0.6 is 0 Å². The molecular weight excluding hydrogens is 258 g/mol. The lowest BCUT2D eigenvalue weighted by Crippen LogP contribution is -2.40. The fraction of sp³-hybridized carbons (Fsp3) is 0.857. The van der Waals surface area contributed by atoms with Crippen molar-refractivity contribution in [3.8, 4) is 0 Å². The van der Waals surface area contributed by atoms with Crippen LogP contribution in [0.15, 0.2) is 0 Å². The van der Waals surface area contributed by atoms with Crippen LogP contribution < -0.4 is 10.6 Å². The van der Waals surface area contributed by atoms with Crippen LogP contribution in [0.25, 0.3) is 0 Å². The van der Waals surface area contributed by atoms with Gasteiger partial charge in [-0.25, -0.2) is 0 Å². The summed E-state index contributed by atoms with van der Waals surface area (Å²) >= 11 is 0. The van der Waals surface area contributed by atoms with E-state index in [4.69, 9.17) is 4.74 Å². The summed E-state index contributed by atoms with van der Waals surface area (Å²) in [5.41, 5.74) is 0. The van der Waals surface area contributed by atoms with Crippen LogP contribution in [-0.4, -0.2) is 63.7 Å². The Labute approximate surface area is 121 Å². The number of ether oxygens (including phenoxy) is 1. The van der Waals surface area contributed by atoms with Gasteiger partial charge in [-0.3, -0.25) is 9.59 Å². The number of carbonyl (C=O) groups is 2. The molecule has 0 aromatic carbocycles. The molecule has 0 aromatic rings. The first-order chi connectivity index (χ1) is 9.63. The predicted octanol–water partition coefficient (Wildman–Crippen LogP) is -0.0128. The van der Waals surface area contributed by atoms with E-state index >= 15 is 0 Å². The zero-order valence-electron chi connectivity index (χ0n) is 12.6. The van der Waals surface area contributed by atoms with Gasteiger partial charge in [-0.15, -0.1) is 0 Å². The monoisotopic (exact) mass is 285 g/mol. The lowest BCUT2D eigenvalue weighted by atomic mass is 9.94. The number of hydrogen-bond donors (Lipinski definition) is 2. The molecule has 20 heavy (non-hydrogen) atoms. The normalized spacial score (nSPS) is 15.9. The van der Waals surface area contributed by atoms with E-state index in [1.807, 2.05) is 0 Å². The minimum Gasteiger partial charge on any atom is -0.385 e. The Morgan fingerprint density at radius 2 is 2.05 bits per heavy atom. The van der Waals surface area contributed by atoms with Crippen molar-refractivity contribution in [3.63, 3.8) is 0 Å². The van der Waals surface area contributed by atoms with Crippen LogP contribution in [0.4, 0.5) is 0 Å². The molecule has 1 fully saturated rings. The molecule has 1 heterocycles. The summed E-state index contributed by atoms with van der Waals surface area (Å²) in [7, 11) is 3.33. The van der Waals surface area contributed by atoms with Crippen molar-refractivity contribution in [2.75, 3.05) is 46.9 Å². The number of likely N-dealkylation sites (N-methyl/N-ethyl adjacent to an activating group) is 1. The molecule has 0 unspecified atom stereocenters. The number of nitrogens with zero attached hydrogens (tertiary/aromatic N) is 1. The fourth-order valence-corrected chi connectivity index (χ4v) is 2.29. The molecule has 116 valence electrons. The van der Waals surface area contributed by atoms with E-state index < -0.39 is 0 Å². The van der Waals surface area contributed by atoms with Gasteiger partial charge in [0.2, 0.25) is 11.8 Å². The van der Waals surface area contributed by atoms with Crippen molar-refractivity contribution >= 4 is 11.8 Å². The molecule has 0 bridgehead atoms. The van der Waals surface area contributed by atoms with E-state index in [9.17, 15) is 9.59 Å². The molecule has 6 heteroatoms. The lowest BCUT2D eigenvalue weighted by molar-refractivity contribution is -0.135. The Hall–Kier alpha value is -1.14. The number of amides is 2. The van der Waals surface area contributed by atoms with E-state index in [0.717, 1.165) is 32.4 Å². The minimum absolute atomic E-state index is 0.0592. The number of nitrogens with one attached hydrogen (secondary N) is 2. The first kappa shape index (κ1) is 16.9. The second kappa shape index (κ2) is 9.72. The van der Waals surface area contributed by atoms with Crippen LogP contribution in [0.2, 0.25) is 0 Å². The van der Waals surface area contributed by atoms with Gasteiger partial charge in [0, 0.05) is 33.7 Å². The van der Waals surface area contributed by atoms with Crippen molar-refractivity contribution in [2.45, 2.75) is 25.7 Å². The van der Waals surface area contributed by atoms with Crippen molar-refractivity contribution in [1.29, 1.82) is 0 Å². The highest BCUT2D eigenvalue weighted by Gasteiger charge is 2.20. The van der Waals surface area contributed by atoms with Crippen LogP contribution in [0, 0.1) is 5.92 Å². The minimum atomic E-state index is -0.109. The van der Waals surface area contributed by atoms with Gasteiger partial charge in [-0.1, -0.05) is 0 Å². The summed E-state index contributed by atoms with van der Waals surface area (Å²) in [4.78, 5) is 25.2. The Bertz CT molecular complexity index is 304. The molecule has 0 radical (unpaired) electrons. The third-order valence-corrected chi connectivity index (χ3v) is 3.58. The number of rotatable bonds is 8. The van der Waals surface area contributed by atoms with Gasteiger partial charge >= 0.3 is 0 Å². The molecule has 0 atom stereocenters. The molecule has 0 spiro atoms. The van der Waals surface area contributed by atoms with Gasteiger partial charge in [0.25, 0.3) is 0 Å². The highest BCUT2D eigenvalue weighted by Crippen LogP contribution is 2.16. The van der Waals surface area contributed by atoms with Gasteiger partial charge in [0.15, 0.2) is 0 Å². The summed E-state index contributed by atoms with van der Waals surface area (Å²) in [6.45, 7) is 3.33. The summed E-state index contributed by atoms with van der Waals surface area (Å²) in [6, 6.07) is 0. The highest BCUT2D eigenvalue weighted by atomic mass is 16.5. The quantitative estimate of drug-likeness (QED) is 0.615. The molecule has 6 nitrogen and oxygen atoms in total. The summed E-state index contributed by atoms with van der Waals surface area (Å²) < 4.78 is 4.91. The molecule has 0 aliphatic carbocycles. The summed E-state index contributed by atoms with van der Waals surface area (Å²) in [6.07, 6.45) is 3.43. The van der Waals surface area contributed by atoms with E-state index in [1.165, 1.54) is 4.90 Å². The molecule has 1 saturated heterocycles. The second-order valence-electron chi connectivity index (χ2n) is 5.34. The summed E-state index contributed by atoms with van der Waals surface area (Å²) in [5.74, 6) is 0.405. The number of piperidine rings is 1. The maximum Gasteiger partial charge on any atom is 0.239 e. The van der Waals surface area contributed by atoms with Gasteiger partial charge < -0.3 is 20.3 Å². The molecule has 1 aliphatic rings. The number of carbonyl (C=O) groups excluding carboxylic acids is 2. The SMILES string of the molecule is COCCCNC(=O)CN(C)C(=O)CC1CCNCC1. The molecule has 2 amide bonds. The first-order valence-corrected chi connectivity index (χ1v) is 7.33. The Morgan fingerprint density at radius 1 is 1.35 bits per heavy atom. The Kier molecular flexibility index (Phi) is 8.22. The molecule has 2 N–H and O–H groups in total. The van der Waals surface area contributed by atoms with Crippen molar-refractivity contribution in [3.05, 3.63) is 0 Å². The van der Waals surface area contributed by atoms with Gasteiger partial charge in [-0.05, 0) is 38.3 Å². The smallest absolute Gasteiger partial charge is 0.239 e. The van der Waals surface area contributed by atoms with Crippen LogP contribution in [0.1, 0.15) is 25.7 Å². The van der Waals surface area contributed by atoms with Crippen molar-refractivity contribution in [1.82, 2.24) is 15.5 Å². The summed E-state index contributed by atoms with van der Waals surface area (Å²) in [5, 5.41) is 6.07. The Morgan fingerprint density at radius 3 is 2.70 bits per heavy atom. The Balaban J connectivity index is 2.17. The highest BCUT2D eigenvalue weighted by molar-refractivity contribution is 5.84. The topological polar surface area (TPSA) is 70.7 Å². The van der Waals surface area contributed by atoms with Crippen molar-refractivity contribution in [2.24, 2.45) is 5.92 Å². The molecule has 1 rings (SSSR count). The maximum absolute atomic E-state index is 12.0. The van der Waals surface area contributed by atoms with Gasteiger partial charge in [-0.2, -0.15) is 0 Å². The lowest BCUT2D eigenvalue weighted by Gasteiger charge is -2.24. The van der Waals surface area contributed by atoms with Gasteiger partial charge in [0.1, 0.15) is 0 Å². The number of methoxy groups -OCH3 is 1. The predicted molar refractivity (Wildman–Crippen MR) is 77.4 cm³/mol. The van der Waals surface area contributed by atoms with E-state index in [2.05, 4.69) is 10.6 Å². The van der Waals surface area contributed by atoms with Crippen LogP contribution in [-0.2, 0) is 14.3 Å². The first-order valence-electron chi connectivity index (χ1n) is 7.33. The zero-order chi connectivity index (χ0) is 14.8. The van der Waals surface area contributed by atoms with E-state index in [0.29, 0.717) is 25.5 Å². The third-order valence-electron chi connectivity index (χ3n) is 3.58. The fourth-order valence-electron chi connectivity index (χ4n) is 2.29. The number of hydrogen-bond acceptors (Lipinski definition) is 4. The zero-order valence-corrected chi connectivity index (χ0v) is 12.6. The molecule has 0 aromatic heterocycles. The average molecular weight is 285 g/mol.